The Balaban J connectivity index is 1.35. The number of hydrogen-bond donors (Lipinski definition) is 1. The molecule has 0 bridgehead atoms. The van der Waals surface area contributed by atoms with E-state index in [1.165, 1.54) is 10.9 Å². The number of anilines is 2. The summed E-state index contributed by atoms with van der Waals surface area (Å²) in [6.07, 6.45) is 1.79. The van der Waals surface area contributed by atoms with Crippen molar-refractivity contribution in [3.05, 3.63) is 52.7 Å². The third-order valence-electron chi connectivity index (χ3n) is 5.41. The average molecular weight is 422 g/mol. The van der Waals surface area contributed by atoms with E-state index in [0.717, 1.165) is 18.1 Å². The van der Waals surface area contributed by atoms with Crippen molar-refractivity contribution in [2.45, 2.75) is 26.8 Å². The summed E-state index contributed by atoms with van der Waals surface area (Å²) in [5.74, 6) is 1.55. The van der Waals surface area contributed by atoms with Gasteiger partial charge in [0.1, 0.15) is 5.82 Å². The summed E-state index contributed by atoms with van der Waals surface area (Å²) in [6.45, 7) is 7.68. The lowest BCUT2D eigenvalue weighted by Crippen LogP contribution is -2.49. The van der Waals surface area contributed by atoms with Crippen LogP contribution in [0.4, 0.5) is 11.8 Å². The normalized spacial score (nSPS) is 14.1. The first-order valence-corrected chi connectivity index (χ1v) is 10.6. The summed E-state index contributed by atoms with van der Waals surface area (Å²) in [6, 6.07) is 9.17. The number of nitrogens with zero attached hydrogens (tertiary/aromatic N) is 6. The first kappa shape index (κ1) is 20.8. The zero-order valence-corrected chi connectivity index (χ0v) is 17.9. The number of carbonyl (C=O) groups excluding carboxylic acids is 1. The predicted molar refractivity (Wildman–Crippen MR) is 120 cm³/mol. The van der Waals surface area contributed by atoms with Crippen molar-refractivity contribution in [1.82, 2.24) is 24.4 Å². The molecule has 3 aromatic rings. The SMILES string of the molecule is CCNc1cc(C)nc(N2CCN(C(=O)CCn3cnc4ccccc4c3=O)CC2)n1. The van der Waals surface area contributed by atoms with Gasteiger partial charge >= 0.3 is 0 Å². The second kappa shape index (κ2) is 9.11. The van der Waals surface area contributed by atoms with E-state index < -0.39 is 0 Å². The minimum Gasteiger partial charge on any atom is -0.370 e. The number of amides is 1. The van der Waals surface area contributed by atoms with Gasteiger partial charge in [0, 0.05) is 57.4 Å². The lowest BCUT2D eigenvalue weighted by molar-refractivity contribution is -0.131. The van der Waals surface area contributed by atoms with Gasteiger partial charge in [0.25, 0.3) is 5.56 Å². The second-order valence-corrected chi connectivity index (χ2v) is 7.60. The lowest BCUT2D eigenvalue weighted by Gasteiger charge is -2.35. The second-order valence-electron chi connectivity index (χ2n) is 7.60. The summed E-state index contributed by atoms with van der Waals surface area (Å²) >= 11 is 0. The zero-order valence-electron chi connectivity index (χ0n) is 17.9. The first-order valence-electron chi connectivity index (χ1n) is 10.6. The van der Waals surface area contributed by atoms with Crippen LogP contribution in [-0.2, 0) is 11.3 Å². The fourth-order valence-corrected chi connectivity index (χ4v) is 3.76. The fourth-order valence-electron chi connectivity index (χ4n) is 3.76. The molecule has 1 saturated heterocycles. The van der Waals surface area contributed by atoms with Crippen LogP contribution < -0.4 is 15.8 Å². The Kier molecular flexibility index (Phi) is 6.11. The van der Waals surface area contributed by atoms with Gasteiger partial charge in [-0.25, -0.2) is 9.97 Å². The maximum atomic E-state index is 12.7. The Morgan fingerprint density at radius 2 is 1.90 bits per heavy atom. The molecular formula is C22H27N7O2. The van der Waals surface area contributed by atoms with Crippen molar-refractivity contribution in [2.75, 3.05) is 42.9 Å². The smallest absolute Gasteiger partial charge is 0.261 e. The minimum atomic E-state index is -0.115. The standard InChI is InChI=1S/C22H27N7O2/c1-3-23-19-14-16(2)25-22(26-19)28-12-10-27(11-13-28)20(30)8-9-29-15-24-18-7-5-4-6-17(18)21(29)31/h4-7,14-15H,3,8-13H2,1-2H3,(H,23,25,26). The maximum Gasteiger partial charge on any atom is 0.261 e. The Bertz CT molecular complexity index is 1140. The minimum absolute atomic E-state index is 0.0400. The first-order chi connectivity index (χ1) is 15.0. The van der Waals surface area contributed by atoms with Gasteiger partial charge in [-0.1, -0.05) is 12.1 Å². The molecule has 0 radical (unpaired) electrons. The van der Waals surface area contributed by atoms with Gasteiger partial charge in [0.2, 0.25) is 11.9 Å². The van der Waals surface area contributed by atoms with Crippen molar-refractivity contribution < 1.29 is 4.79 Å². The molecule has 1 fully saturated rings. The van der Waals surface area contributed by atoms with Gasteiger partial charge in [0.15, 0.2) is 0 Å². The van der Waals surface area contributed by atoms with Gasteiger partial charge in [0.05, 0.1) is 17.2 Å². The van der Waals surface area contributed by atoms with Crippen LogP contribution in [0.2, 0.25) is 0 Å². The number of carbonyl (C=O) groups is 1. The Hall–Kier alpha value is -3.49. The third-order valence-corrected chi connectivity index (χ3v) is 5.41. The Morgan fingerprint density at radius 1 is 1.13 bits per heavy atom. The molecule has 0 aliphatic carbocycles. The average Bonchev–Trinajstić information content (AvgIpc) is 2.78. The van der Waals surface area contributed by atoms with Crippen LogP contribution in [0.25, 0.3) is 10.9 Å². The summed E-state index contributed by atoms with van der Waals surface area (Å²) in [4.78, 5) is 42.7. The van der Waals surface area contributed by atoms with E-state index in [1.807, 2.05) is 43.0 Å². The molecule has 1 amide bonds. The van der Waals surface area contributed by atoms with E-state index in [2.05, 4.69) is 25.2 Å². The lowest BCUT2D eigenvalue weighted by atomic mass is 10.2. The molecule has 9 nitrogen and oxygen atoms in total. The van der Waals surface area contributed by atoms with Crippen LogP contribution in [0, 0.1) is 6.92 Å². The molecule has 9 heteroatoms. The molecule has 0 spiro atoms. The molecule has 3 heterocycles. The van der Waals surface area contributed by atoms with E-state index in [-0.39, 0.29) is 17.9 Å². The van der Waals surface area contributed by atoms with Gasteiger partial charge < -0.3 is 15.1 Å². The number of hydrogen-bond acceptors (Lipinski definition) is 7. The number of para-hydroxylation sites is 1. The molecule has 0 atom stereocenters. The zero-order chi connectivity index (χ0) is 21.8. The summed E-state index contributed by atoms with van der Waals surface area (Å²) in [5, 5.41) is 3.80. The van der Waals surface area contributed by atoms with Gasteiger partial charge in [-0.05, 0) is 26.0 Å². The number of piperazine rings is 1. The van der Waals surface area contributed by atoms with Crippen molar-refractivity contribution >= 4 is 28.6 Å². The van der Waals surface area contributed by atoms with Gasteiger partial charge in [-0.3, -0.25) is 14.2 Å². The van der Waals surface area contributed by atoms with Crippen LogP contribution in [0.5, 0.6) is 0 Å². The summed E-state index contributed by atoms with van der Waals surface area (Å²) in [7, 11) is 0. The maximum absolute atomic E-state index is 12.7. The van der Waals surface area contributed by atoms with Crippen molar-refractivity contribution in [3.63, 3.8) is 0 Å². The molecular weight excluding hydrogens is 394 g/mol. The van der Waals surface area contributed by atoms with E-state index in [0.29, 0.717) is 49.6 Å². The van der Waals surface area contributed by atoms with Crippen LogP contribution in [0.1, 0.15) is 19.0 Å². The largest absolute Gasteiger partial charge is 0.370 e. The highest BCUT2D eigenvalue weighted by atomic mass is 16.2. The molecule has 0 unspecified atom stereocenters. The molecule has 1 aliphatic heterocycles. The van der Waals surface area contributed by atoms with Gasteiger partial charge in [-0.2, -0.15) is 4.98 Å². The third kappa shape index (κ3) is 4.65. The fraction of sp³-hybridized carbons (Fsp3) is 0.409. The Morgan fingerprint density at radius 3 is 2.68 bits per heavy atom. The topological polar surface area (TPSA) is 96.3 Å². The van der Waals surface area contributed by atoms with Gasteiger partial charge in [-0.15, -0.1) is 0 Å². The van der Waals surface area contributed by atoms with E-state index in [9.17, 15) is 9.59 Å². The van der Waals surface area contributed by atoms with Crippen LogP contribution >= 0.6 is 0 Å². The summed E-state index contributed by atoms with van der Waals surface area (Å²) in [5.41, 5.74) is 1.46. The van der Waals surface area contributed by atoms with Crippen molar-refractivity contribution in [2.24, 2.45) is 0 Å². The predicted octanol–water partition coefficient (Wildman–Crippen LogP) is 1.67. The number of rotatable bonds is 6. The molecule has 1 aliphatic rings. The quantitative estimate of drug-likeness (QED) is 0.647. The number of nitrogens with one attached hydrogen (secondary N) is 1. The highest BCUT2D eigenvalue weighted by Crippen LogP contribution is 2.16. The van der Waals surface area contributed by atoms with E-state index in [4.69, 9.17) is 0 Å². The molecule has 162 valence electrons. The molecule has 0 saturated carbocycles. The number of aryl methyl sites for hydroxylation is 2. The molecule has 2 aromatic heterocycles. The van der Waals surface area contributed by atoms with Crippen LogP contribution in [0.15, 0.2) is 41.5 Å². The number of aromatic nitrogens is 4. The molecule has 31 heavy (non-hydrogen) atoms. The molecule has 4 rings (SSSR count). The summed E-state index contributed by atoms with van der Waals surface area (Å²) < 4.78 is 1.51. The van der Waals surface area contributed by atoms with E-state index >= 15 is 0 Å². The van der Waals surface area contributed by atoms with Crippen LogP contribution in [0.3, 0.4) is 0 Å². The van der Waals surface area contributed by atoms with E-state index in [1.54, 1.807) is 6.07 Å². The van der Waals surface area contributed by atoms with Crippen molar-refractivity contribution in [1.29, 1.82) is 0 Å². The number of benzene rings is 1. The van der Waals surface area contributed by atoms with Crippen LogP contribution in [-0.4, -0.2) is 63.0 Å². The molecule has 1 N–H and O–H groups in total. The monoisotopic (exact) mass is 421 g/mol. The van der Waals surface area contributed by atoms with Crippen molar-refractivity contribution in [3.8, 4) is 0 Å². The number of fused-ring (bicyclic) bond motifs is 1. The Labute approximate surface area is 180 Å². The highest BCUT2D eigenvalue weighted by molar-refractivity contribution is 5.77. The highest BCUT2D eigenvalue weighted by Gasteiger charge is 2.23. The molecule has 1 aromatic carbocycles.